The van der Waals surface area contributed by atoms with Crippen molar-refractivity contribution in [2.75, 3.05) is 26.3 Å². The van der Waals surface area contributed by atoms with Gasteiger partial charge in [-0.1, -0.05) is 11.6 Å². The summed E-state index contributed by atoms with van der Waals surface area (Å²) in [6, 6.07) is 1.68. The fraction of sp³-hybridized carbons (Fsp3) is 0.583. The zero-order valence-corrected chi connectivity index (χ0v) is 11.1. The van der Waals surface area contributed by atoms with Crippen molar-refractivity contribution in [3.05, 3.63) is 23.0 Å². The van der Waals surface area contributed by atoms with Crippen molar-refractivity contribution in [2.45, 2.75) is 19.6 Å². The molecule has 0 aromatic carbocycles. The van der Waals surface area contributed by atoms with Crippen molar-refractivity contribution in [1.82, 2.24) is 9.47 Å². The molecule has 0 radical (unpaired) electrons. The van der Waals surface area contributed by atoms with E-state index in [1.807, 2.05) is 11.5 Å². The van der Waals surface area contributed by atoms with Crippen LogP contribution in [0.15, 0.2) is 12.3 Å². The highest BCUT2D eigenvalue weighted by atomic mass is 35.5. The summed E-state index contributed by atoms with van der Waals surface area (Å²) in [5.74, 6) is -0.0644. The van der Waals surface area contributed by atoms with E-state index in [1.54, 1.807) is 17.2 Å². The lowest BCUT2D eigenvalue weighted by Crippen LogP contribution is -2.47. The summed E-state index contributed by atoms with van der Waals surface area (Å²) >= 11 is 5.93. The summed E-state index contributed by atoms with van der Waals surface area (Å²) in [5, 5.41) is 9.64. The van der Waals surface area contributed by atoms with E-state index in [-0.39, 0.29) is 18.6 Å². The highest BCUT2D eigenvalue weighted by Crippen LogP contribution is 2.17. The Kier molecular flexibility index (Phi) is 4.27. The van der Waals surface area contributed by atoms with Crippen molar-refractivity contribution in [3.63, 3.8) is 0 Å². The van der Waals surface area contributed by atoms with Crippen molar-refractivity contribution in [1.29, 1.82) is 0 Å². The number of morpholine rings is 1. The van der Waals surface area contributed by atoms with E-state index in [4.69, 9.17) is 21.4 Å². The van der Waals surface area contributed by atoms with Crippen molar-refractivity contribution < 1.29 is 14.6 Å². The third-order valence-corrected chi connectivity index (χ3v) is 3.26. The van der Waals surface area contributed by atoms with Gasteiger partial charge in [0.2, 0.25) is 0 Å². The molecule has 2 rings (SSSR count). The predicted octanol–water partition coefficient (Wildman–Crippen LogP) is 0.995. The lowest BCUT2D eigenvalue weighted by molar-refractivity contribution is -0.0449. The van der Waals surface area contributed by atoms with E-state index in [1.165, 1.54) is 0 Å². The van der Waals surface area contributed by atoms with E-state index in [0.717, 1.165) is 0 Å². The highest BCUT2D eigenvalue weighted by molar-refractivity contribution is 6.31. The predicted molar refractivity (Wildman–Crippen MR) is 67.8 cm³/mol. The number of carbonyl (C=O) groups excluding carboxylic acids is 1. The van der Waals surface area contributed by atoms with Gasteiger partial charge in [0.05, 0.1) is 24.3 Å². The molecule has 18 heavy (non-hydrogen) atoms. The first-order valence-corrected chi connectivity index (χ1v) is 6.41. The second kappa shape index (κ2) is 5.73. The number of aliphatic hydroxyl groups is 1. The first kappa shape index (κ1) is 13.4. The Bertz CT molecular complexity index is 433. The van der Waals surface area contributed by atoms with Crippen LogP contribution in [0.4, 0.5) is 0 Å². The van der Waals surface area contributed by atoms with Gasteiger partial charge in [0.25, 0.3) is 5.91 Å². The number of aliphatic hydroxyl groups excluding tert-OH is 1. The summed E-state index contributed by atoms with van der Waals surface area (Å²) in [6.45, 7) is 4.01. The highest BCUT2D eigenvalue weighted by Gasteiger charge is 2.26. The zero-order valence-electron chi connectivity index (χ0n) is 10.3. The molecular formula is C12H17ClN2O3. The number of amides is 1. The van der Waals surface area contributed by atoms with Crippen LogP contribution in [0.25, 0.3) is 0 Å². The van der Waals surface area contributed by atoms with E-state index >= 15 is 0 Å². The largest absolute Gasteiger partial charge is 0.394 e. The molecule has 0 saturated carbocycles. The molecule has 1 atom stereocenters. The SMILES string of the molecule is CCn1cc(Cl)cc1C(=O)N1CCOC(CO)C1. The molecule has 0 aliphatic carbocycles. The Labute approximate surface area is 111 Å². The van der Waals surface area contributed by atoms with Crippen LogP contribution in [0.2, 0.25) is 5.02 Å². The summed E-state index contributed by atoms with van der Waals surface area (Å²) in [4.78, 5) is 14.1. The Hall–Kier alpha value is -1.04. The number of carbonyl (C=O) groups is 1. The normalized spacial score (nSPS) is 20.2. The second-order valence-electron chi connectivity index (χ2n) is 4.26. The molecule has 0 spiro atoms. The number of hydrogen-bond acceptors (Lipinski definition) is 3. The molecule has 1 N–H and O–H groups in total. The smallest absolute Gasteiger partial charge is 0.270 e. The molecule has 1 aromatic rings. The Morgan fingerprint density at radius 2 is 2.44 bits per heavy atom. The molecule has 1 aliphatic rings. The molecule has 1 aromatic heterocycles. The topological polar surface area (TPSA) is 54.7 Å². The Morgan fingerprint density at radius 1 is 1.67 bits per heavy atom. The molecule has 0 bridgehead atoms. The van der Waals surface area contributed by atoms with Crippen LogP contribution in [-0.4, -0.2) is 52.9 Å². The second-order valence-corrected chi connectivity index (χ2v) is 4.69. The molecule has 1 unspecified atom stereocenters. The molecule has 5 nitrogen and oxygen atoms in total. The third kappa shape index (κ3) is 2.68. The lowest BCUT2D eigenvalue weighted by Gasteiger charge is -2.32. The molecule has 1 aliphatic heterocycles. The number of halogens is 1. The van der Waals surface area contributed by atoms with Crippen LogP contribution in [0.1, 0.15) is 17.4 Å². The molecular weight excluding hydrogens is 256 g/mol. The van der Waals surface area contributed by atoms with Gasteiger partial charge in [-0.2, -0.15) is 0 Å². The van der Waals surface area contributed by atoms with Gasteiger partial charge in [-0.25, -0.2) is 0 Å². The van der Waals surface area contributed by atoms with E-state index in [2.05, 4.69) is 0 Å². The fourth-order valence-corrected chi connectivity index (χ4v) is 2.31. The van der Waals surface area contributed by atoms with Gasteiger partial charge in [0.15, 0.2) is 0 Å². The summed E-state index contributed by atoms with van der Waals surface area (Å²) in [5.41, 5.74) is 0.584. The van der Waals surface area contributed by atoms with Gasteiger partial charge >= 0.3 is 0 Å². The third-order valence-electron chi connectivity index (χ3n) is 3.05. The summed E-state index contributed by atoms with van der Waals surface area (Å²) < 4.78 is 7.16. The van der Waals surface area contributed by atoms with Crippen LogP contribution in [0, 0.1) is 0 Å². The summed E-state index contributed by atoms with van der Waals surface area (Å²) in [6.07, 6.45) is 1.46. The quantitative estimate of drug-likeness (QED) is 0.893. The van der Waals surface area contributed by atoms with Crippen LogP contribution < -0.4 is 0 Å². The maximum Gasteiger partial charge on any atom is 0.270 e. The molecule has 1 fully saturated rings. The van der Waals surface area contributed by atoms with Crippen LogP contribution in [-0.2, 0) is 11.3 Å². The van der Waals surface area contributed by atoms with Crippen LogP contribution >= 0.6 is 11.6 Å². The molecule has 2 heterocycles. The van der Waals surface area contributed by atoms with Gasteiger partial charge < -0.3 is 19.3 Å². The molecule has 6 heteroatoms. The van der Waals surface area contributed by atoms with E-state index in [0.29, 0.717) is 37.0 Å². The number of hydrogen-bond donors (Lipinski definition) is 1. The van der Waals surface area contributed by atoms with Gasteiger partial charge in [-0.05, 0) is 13.0 Å². The first-order chi connectivity index (χ1) is 8.65. The van der Waals surface area contributed by atoms with E-state index < -0.39 is 0 Å². The average molecular weight is 273 g/mol. The minimum Gasteiger partial charge on any atom is -0.394 e. The van der Waals surface area contributed by atoms with Gasteiger partial charge in [0.1, 0.15) is 5.69 Å². The van der Waals surface area contributed by atoms with Gasteiger partial charge in [-0.15, -0.1) is 0 Å². The van der Waals surface area contributed by atoms with Crippen LogP contribution in [0.5, 0.6) is 0 Å². The molecule has 1 amide bonds. The summed E-state index contributed by atoms with van der Waals surface area (Å²) in [7, 11) is 0. The number of aryl methyl sites for hydroxylation is 1. The lowest BCUT2D eigenvalue weighted by atomic mass is 10.2. The zero-order chi connectivity index (χ0) is 13.1. The maximum atomic E-state index is 12.4. The number of rotatable bonds is 3. The van der Waals surface area contributed by atoms with Crippen molar-refractivity contribution >= 4 is 17.5 Å². The minimum absolute atomic E-state index is 0.0644. The number of ether oxygens (including phenoxy) is 1. The molecule has 1 saturated heterocycles. The first-order valence-electron chi connectivity index (χ1n) is 6.03. The number of nitrogens with zero attached hydrogens (tertiary/aromatic N) is 2. The van der Waals surface area contributed by atoms with E-state index in [9.17, 15) is 4.79 Å². The fourth-order valence-electron chi connectivity index (χ4n) is 2.09. The van der Waals surface area contributed by atoms with Gasteiger partial charge in [0, 0.05) is 25.8 Å². The minimum atomic E-state index is -0.289. The van der Waals surface area contributed by atoms with Gasteiger partial charge in [-0.3, -0.25) is 4.79 Å². The van der Waals surface area contributed by atoms with Crippen molar-refractivity contribution in [3.8, 4) is 0 Å². The standard InChI is InChI=1S/C12H17ClN2O3/c1-2-14-6-9(13)5-11(14)12(17)15-3-4-18-10(7-15)8-16/h5-6,10,16H,2-4,7-8H2,1H3. The maximum absolute atomic E-state index is 12.4. The van der Waals surface area contributed by atoms with Crippen molar-refractivity contribution in [2.24, 2.45) is 0 Å². The molecule has 100 valence electrons. The monoisotopic (exact) mass is 272 g/mol. The van der Waals surface area contributed by atoms with Crippen LogP contribution in [0.3, 0.4) is 0 Å². The average Bonchev–Trinajstić information content (AvgIpc) is 2.79. The number of aromatic nitrogens is 1. The Morgan fingerprint density at radius 3 is 3.11 bits per heavy atom. The Balaban J connectivity index is 2.14.